The lowest BCUT2D eigenvalue weighted by Gasteiger charge is -2.35. The van der Waals surface area contributed by atoms with E-state index in [1.807, 2.05) is 20.8 Å². The van der Waals surface area contributed by atoms with Crippen LogP contribution in [0.4, 0.5) is 18.0 Å². The minimum absolute atomic E-state index is 0.110. The summed E-state index contributed by atoms with van der Waals surface area (Å²) in [5, 5.41) is 3.69. The van der Waals surface area contributed by atoms with Crippen LogP contribution in [0.3, 0.4) is 0 Å². The van der Waals surface area contributed by atoms with Gasteiger partial charge in [0, 0.05) is 38.3 Å². The summed E-state index contributed by atoms with van der Waals surface area (Å²) in [6.45, 7) is 7.95. The molecule has 2 aromatic rings. The average molecular weight is 412 g/mol. The van der Waals surface area contributed by atoms with Gasteiger partial charge in [-0.15, -0.1) is 0 Å². The second kappa shape index (κ2) is 8.02. The van der Waals surface area contributed by atoms with Crippen molar-refractivity contribution >= 4 is 6.09 Å². The molecule has 1 aromatic heterocycles. The maximum Gasteiger partial charge on any atom is 0.416 e. The quantitative estimate of drug-likeness (QED) is 0.764. The van der Waals surface area contributed by atoms with Gasteiger partial charge in [0.1, 0.15) is 5.60 Å². The molecule has 0 atom stereocenters. The van der Waals surface area contributed by atoms with Gasteiger partial charge in [-0.3, -0.25) is 4.90 Å². The van der Waals surface area contributed by atoms with Gasteiger partial charge in [0.25, 0.3) is 0 Å². The minimum atomic E-state index is -4.46. The van der Waals surface area contributed by atoms with E-state index in [1.54, 1.807) is 4.90 Å². The number of amides is 1. The fraction of sp³-hybridized carbons (Fsp3) is 0.526. The Labute approximate surface area is 166 Å². The molecule has 158 valence electrons. The highest BCUT2D eigenvalue weighted by atomic mass is 19.4. The van der Waals surface area contributed by atoms with E-state index >= 15 is 0 Å². The van der Waals surface area contributed by atoms with Crippen molar-refractivity contribution in [1.82, 2.24) is 19.9 Å². The van der Waals surface area contributed by atoms with Gasteiger partial charge in [-0.1, -0.05) is 11.2 Å². The molecule has 0 aliphatic carbocycles. The maximum absolute atomic E-state index is 13.1. The van der Waals surface area contributed by atoms with Crippen LogP contribution in [0.2, 0.25) is 0 Å². The molecule has 0 bridgehead atoms. The Morgan fingerprint density at radius 2 is 1.86 bits per heavy atom. The predicted octanol–water partition coefficient (Wildman–Crippen LogP) is 3.81. The predicted molar refractivity (Wildman–Crippen MR) is 97.8 cm³/mol. The Balaban J connectivity index is 1.70. The number of benzene rings is 1. The van der Waals surface area contributed by atoms with Gasteiger partial charge in [-0.2, -0.15) is 18.2 Å². The number of nitrogens with zero attached hydrogens (tertiary/aromatic N) is 4. The van der Waals surface area contributed by atoms with Crippen LogP contribution in [0, 0.1) is 0 Å². The van der Waals surface area contributed by atoms with Crippen LogP contribution in [0.25, 0.3) is 11.4 Å². The summed E-state index contributed by atoms with van der Waals surface area (Å²) in [4.78, 5) is 19.8. The molecule has 0 radical (unpaired) electrons. The number of ether oxygens (including phenoxy) is 1. The molecule has 1 aliphatic rings. The fourth-order valence-electron chi connectivity index (χ4n) is 3.04. The Morgan fingerprint density at radius 3 is 2.41 bits per heavy atom. The van der Waals surface area contributed by atoms with E-state index in [9.17, 15) is 18.0 Å². The highest BCUT2D eigenvalue weighted by molar-refractivity contribution is 5.68. The molecule has 0 N–H and O–H groups in total. The molecule has 1 amide bonds. The molecular formula is C19H23F3N4O3. The first-order valence-corrected chi connectivity index (χ1v) is 9.20. The number of halogens is 3. The van der Waals surface area contributed by atoms with Crippen molar-refractivity contribution in [3.8, 4) is 11.4 Å². The van der Waals surface area contributed by atoms with Gasteiger partial charge < -0.3 is 14.2 Å². The first-order chi connectivity index (χ1) is 13.5. The highest BCUT2D eigenvalue weighted by Crippen LogP contribution is 2.33. The number of carbonyl (C=O) groups excluding carboxylic acids is 1. The maximum atomic E-state index is 13.1. The normalized spacial score (nSPS) is 16.1. The molecule has 3 rings (SSSR count). The number of aromatic nitrogens is 2. The molecule has 29 heavy (non-hydrogen) atoms. The van der Waals surface area contributed by atoms with Crippen LogP contribution in [0.15, 0.2) is 29.1 Å². The van der Waals surface area contributed by atoms with E-state index in [2.05, 4.69) is 15.0 Å². The molecule has 1 aromatic carbocycles. The van der Waals surface area contributed by atoms with E-state index in [0.29, 0.717) is 38.3 Å². The number of alkyl halides is 3. The fourth-order valence-corrected chi connectivity index (χ4v) is 3.04. The zero-order valence-electron chi connectivity index (χ0n) is 16.5. The molecule has 2 heterocycles. The van der Waals surface area contributed by atoms with E-state index in [0.717, 1.165) is 18.5 Å². The van der Waals surface area contributed by atoms with Crippen LogP contribution in [-0.4, -0.2) is 57.8 Å². The first kappa shape index (κ1) is 21.1. The van der Waals surface area contributed by atoms with E-state index in [-0.39, 0.29) is 17.5 Å². The van der Waals surface area contributed by atoms with Gasteiger partial charge in [0.2, 0.25) is 12.2 Å². The smallest absolute Gasteiger partial charge is 0.416 e. The molecule has 7 nitrogen and oxygen atoms in total. The van der Waals surface area contributed by atoms with Crippen molar-refractivity contribution in [1.29, 1.82) is 0 Å². The van der Waals surface area contributed by atoms with Crippen LogP contribution in [-0.2, 0) is 17.5 Å². The second-order valence-electron chi connectivity index (χ2n) is 7.87. The minimum Gasteiger partial charge on any atom is -0.444 e. The zero-order chi connectivity index (χ0) is 21.2. The monoisotopic (exact) mass is 412 g/mol. The zero-order valence-corrected chi connectivity index (χ0v) is 16.5. The van der Waals surface area contributed by atoms with E-state index in [4.69, 9.17) is 9.26 Å². The summed E-state index contributed by atoms with van der Waals surface area (Å²) >= 11 is 0. The third kappa shape index (κ3) is 5.47. The molecule has 0 spiro atoms. The topological polar surface area (TPSA) is 71.7 Å². The number of carbonyl (C=O) groups is 1. The van der Waals surface area contributed by atoms with E-state index in [1.165, 1.54) is 6.07 Å². The molecule has 1 saturated heterocycles. The van der Waals surface area contributed by atoms with Gasteiger partial charge in [-0.25, -0.2) is 4.79 Å². The molecule has 0 saturated carbocycles. The van der Waals surface area contributed by atoms with Crippen LogP contribution in [0.5, 0.6) is 0 Å². The summed E-state index contributed by atoms with van der Waals surface area (Å²) in [7, 11) is 0. The lowest BCUT2D eigenvalue weighted by atomic mass is 10.0. The lowest BCUT2D eigenvalue weighted by molar-refractivity contribution is -0.137. The Hall–Kier alpha value is -2.62. The summed E-state index contributed by atoms with van der Waals surface area (Å²) in [6.07, 6.45) is -3.74. The summed E-state index contributed by atoms with van der Waals surface area (Å²) < 4.78 is 49.4. The van der Waals surface area contributed by atoms with Gasteiger partial charge in [-0.05, 0) is 38.5 Å². The van der Waals surface area contributed by atoms with E-state index < -0.39 is 17.3 Å². The third-order valence-electron chi connectivity index (χ3n) is 4.46. The van der Waals surface area contributed by atoms with Crippen molar-refractivity contribution in [2.45, 2.75) is 39.1 Å². The standard InChI is InChI=1S/C19H23F3N4O3/c1-18(2,3)29-17(27)26-8-6-25(7-9-26)11-13-4-5-14(19(20,21)22)10-15(13)16-23-12-28-24-16/h4-5,10,12H,6-9,11H2,1-3H3. The van der Waals surface area contributed by atoms with Crippen LogP contribution >= 0.6 is 0 Å². The summed E-state index contributed by atoms with van der Waals surface area (Å²) in [6, 6.07) is 3.53. The molecule has 1 aliphatic heterocycles. The lowest BCUT2D eigenvalue weighted by Crippen LogP contribution is -2.49. The van der Waals surface area contributed by atoms with Gasteiger partial charge in [0.15, 0.2) is 0 Å². The Kier molecular flexibility index (Phi) is 5.83. The van der Waals surface area contributed by atoms with Crippen molar-refractivity contribution in [3.63, 3.8) is 0 Å². The number of hydrogen-bond acceptors (Lipinski definition) is 6. The van der Waals surface area contributed by atoms with Gasteiger partial charge >= 0.3 is 12.3 Å². The van der Waals surface area contributed by atoms with Crippen molar-refractivity contribution in [2.24, 2.45) is 0 Å². The van der Waals surface area contributed by atoms with Crippen molar-refractivity contribution in [3.05, 3.63) is 35.7 Å². The number of hydrogen-bond donors (Lipinski definition) is 0. The average Bonchev–Trinajstić information content (AvgIpc) is 3.14. The summed E-state index contributed by atoms with van der Waals surface area (Å²) in [5.41, 5.74) is -0.391. The van der Waals surface area contributed by atoms with Crippen molar-refractivity contribution < 1.29 is 27.2 Å². The summed E-state index contributed by atoms with van der Waals surface area (Å²) in [5.74, 6) is 0.110. The Bertz CT molecular complexity index is 839. The SMILES string of the molecule is CC(C)(C)OC(=O)N1CCN(Cc2ccc(C(F)(F)F)cc2-c2ncon2)CC1. The molecular weight excluding hydrogens is 389 g/mol. The Morgan fingerprint density at radius 1 is 1.17 bits per heavy atom. The largest absolute Gasteiger partial charge is 0.444 e. The highest BCUT2D eigenvalue weighted by Gasteiger charge is 2.32. The molecule has 1 fully saturated rings. The van der Waals surface area contributed by atoms with Crippen LogP contribution in [0.1, 0.15) is 31.9 Å². The third-order valence-corrected chi connectivity index (χ3v) is 4.46. The number of rotatable bonds is 3. The molecule has 10 heteroatoms. The second-order valence-corrected chi connectivity index (χ2v) is 7.87. The number of piperazine rings is 1. The first-order valence-electron chi connectivity index (χ1n) is 9.20. The van der Waals surface area contributed by atoms with Crippen molar-refractivity contribution in [2.75, 3.05) is 26.2 Å². The molecule has 0 unspecified atom stereocenters. The van der Waals surface area contributed by atoms with Crippen LogP contribution < -0.4 is 0 Å². The van der Waals surface area contributed by atoms with Gasteiger partial charge in [0.05, 0.1) is 5.56 Å².